The number of pyridine rings is 2. The highest BCUT2D eigenvalue weighted by Gasteiger charge is 2.19. The highest BCUT2D eigenvalue weighted by molar-refractivity contribution is 6.14. The summed E-state index contributed by atoms with van der Waals surface area (Å²) in [6, 6.07) is 7.60. The SMILES string of the molecule is O=C1C(=Cc2cccnc2)CNCC1=Cc1cccnc1. The molecule has 104 valence electrons. The highest BCUT2D eigenvalue weighted by Crippen LogP contribution is 2.16. The lowest BCUT2D eigenvalue weighted by Gasteiger charge is -2.18. The van der Waals surface area contributed by atoms with Crippen molar-refractivity contribution in [3.63, 3.8) is 0 Å². The van der Waals surface area contributed by atoms with Gasteiger partial charge < -0.3 is 5.32 Å². The van der Waals surface area contributed by atoms with Gasteiger partial charge in [-0.15, -0.1) is 0 Å². The van der Waals surface area contributed by atoms with Crippen molar-refractivity contribution in [2.45, 2.75) is 0 Å². The summed E-state index contributed by atoms with van der Waals surface area (Å²) in [6.07, 6.45) is 10.7. The number of carbonyl (C=O) groups excluding carboxylic acids is 1. The maximum atomic E-state index is 12.5. The van der Waals surface area contributed by atoms with Crippen LogP contribution >= 0.6 is 0 Å². The molecule has 0 aromatic carbocycles. The lowest BCUT2D eigenvalue weighted by Crippen LogP contribution is -2.32. The molecule has 2 aromatic heterocycles. The number of nitrogens with one attached hydrogen (secondary N) is 1. The van der Waals surface area contributed by atoms with Gasteiger partial charge in [-0.1, -0.05) is 12.1 Å². The fourth-order valence-corrected chi connectivity index (χ4v) is 2.26. The zero-order valence-electron chi connectivity index (χ0n) is 11.5. The predicted octanol–water partition coefficient (Wildman–Crippen LogP) is 2.12. The number of piperidine rings is 1. The van der Waals surface area contributed by atoms with Gasteiger partial charge in [-0.25, -0.2) is 0 Å². The van der Waals surface area contributed by atoms with Gasteiger partial charge in [0.1, 0.15) is 0 Å². The Bertz CT molecular complexity index is 631. The number of ketones is 1. The first-order valence-corrected chi connectivity index (χ1v) is 6.79. The summed E-state index contributed by atoms with van der Waals surface area (Å²) in [4.78, 5) is 20.6. The Kier molecular flexibility index (Phi) is 3.98. The van der Waals surface area contributed by atoms with Crippen LogP contribution in [0, 0.1) is 0 Å². The van der Waals surface area contributed by atoms with Crippen LogP contribution in [0.5, 0.6) is 0 Å². The average molecular weight is 277 g/mol. The standard InChI is InChI=1S/C17H15N3O/c21-17-15(7-13-3-1-5-18-9-13)11-20-12-16(17)8-14-4-2-6-19-10-14/h1-10,20H,11-12H2. The van der Waals surface area contributed by atoms with Crippen LogP contribution in [0.25, 0.3) is 12.2 Å². The molecule has 0 unspecified atom stereocenters. The van der Waals surface area contributed by atoms with Crippen molar-refractivity contribution in [3.05, 3.63) is 71.3 Å². The highest BCUT2D eigenvalue weighted by atomic mass is 16.1. The van der Waals surface area contributed by atoms with Crippen LogP contribution in [-0.2, 0) is 4.79 Å². The van der Waals surface area contributed by atoms with Crippen molar-refractivity contribution in [1.82, 2.24) is 15.3 Å². The zero-order chi connectivity index (χ0) is 14.5. The maximum Gasteiger partial charge on any atom is 0.187 e. The van der Waals surface area contributed by atoms with Gasteiger partial charge in [0.25, 0.3) is 0 Å². The average Bonchev–Trinajstić information content (AvgIpc) is 2.53. The van der Waals surface area contributed by atoms with Crippen molar-refractivity contribution < 1.29 is 4.79 Å². The van der Waals surface area contributed by atoms with E-state index >= 15 is 0 Å². The van der Waals surface area contributed by atoms with Crippen molar-refractivity contribution in [3.8, 4) is 0 Å². The van der Waals surface area contributed by atoms with Gasteiger partial charge in [0.2, 0.25) is 0 Å². The molecule has 0 aliphatic carbocycles. The van der Waals surface area contributed by atoms with Crippen LogP contribution in [-0.4, -0.2) is 28.8 Å². The molecule has 21 heavy (non-hydrogen) atoms. The molecule has 1 aliphatic heterocycles. The molecule has 0 radical (unpaired) electrons. The number of rotatable bonds is 2. The third-order valence-corrected chi connectivity index (χ3v) is 3.26. The Morgan fingerprint density at radius 3 is 1.86 bits per heavy atom. The van der Waals surface area contributed by atoms with E-state index in [0.717, 1.165) is 22.3 Å². The number of carbonyl (C=O) groups is 1. The Hall–Kier alpha value is -2.59. The summed E-state index contributed by atoms with van der Waals surface area (Å²) in [5.41, 5.74) is 3.38. The van der Waals surface area contributed by atoms with Crippen molar-refractivity contribution in [2.75, 3.05) is 13.1 Å². The first-order chi connectivity index (χ1) is 10.3. The Morgan fingerprint density at radius 2 is 1.43 bits per heavy atom. The van der Waals surface area contributed by atoms with E-state index < -0.39 is 0 Å². The summed E-state index contributed by atoms with van der Waals surface area (Å²) in [5, 5.41) is 3.26. The fourth-order valence-electron chi connectivity index (χ4n) is 2.26. The summed E-state index contributed by atoms with van der Waals surface area (Å²) in [6.45, 7) is 1.16. The third-order valence-electron chi connectivity index (χ3n) is 3.26. The number of nitrogens with zero attached hydrogens (tertiary/aromatic N) is 2. The van der Waals surface area contributed by atoms with Crippen LogP contribution in [0.3, 0.4) is 0 Å². The van der Waals surface area contributed by atoms with E-state index in [1.165, 1.54) is 0 Å². The van der Waals surface area contributed by atoms with E-state index in [-0.39, 0.29) is 5.78 Å². The molecule has 0 amide bonds. The van der Waals surface area contributed by atoms with Crippen molar-refractivity contribution in [1.29, 1.82) is 0 Å². The molecule has 1 aliphatic rings. The Balaban J connectivity index is 1.88. The number of hydrogen-bond acceptors (Lipinski definition) is 4. The first kappa shape index (κ1) is 13.4. The fraction of sp³-hybridized carbons (Fsp3) is 0.118. The number of aromatic nitrogens is 2. The van der Waals surface area contributed by atoms with Gasteiger partial charge in [0.15, 0.2) is 5.78 Å². The van der Waals surface area contributed by atoms with Crippen LogP contribution in [0.2, 0.25) is 0 Å². The lowest BCUT2D eigenvalue weighted by atomic mass is 9.96. The summed E-state index contributed by atoms with van der Waals surface area (Å²) in [7, 11) is 0. The van der Waals surface area contributed by atoms with Gasteiger partial charge >= 0.3 is 0 Å². The molecule has 2 aromatic rings. The molecular formula is C17H15N3O. The minimum atomic E-state index is 0.0847. The minimum absolute atomic E-state index is 0.0847. The van der Waals surface area contributed by atoms with E-state index in [0.29, 0.717) is 13.1 Å². The molecule has 1 fully saturated rings. The second-order valence-corrected chi connectivity index (χ2v) is 4.84. The molecule has 4 nitrogen and oxygen atoms in total. The number of hydrogen-bond donors (Lipinski definition) is 1. The predicted molar refractivity (Wildman–Crippen MR) is 82.3 cm³/mol. The third kappa shape index (κ3) is 3.30. The molecule has 0 saturated carbocycles. The van der Waals surface area contributed by atoms with E-state index in [9.17, 15) is 4.79 Å². The van der Waals surface area contributed by atoms with Gasteiger partial charge in [-0.05, 0) is 35.4 Å². The molecule has 0 bridgehead atoms. The van der Waals surface area contributed by atoms with Crippen LogP contribution in [0.15, 0.2) is 60.2 Å². The van der Waals surface area contributed by atoms with E-state index in [1.807, 2.05) is 36.4 Å². The van der Waals surface area contributed by atoms with E-state index in [4.69, 9.17) is 0 Å². The largest absolute Gasteiger partial charge is 0.308 e. The molecular weight excluding hydrogens is 262 g/mol. The number of Topliss-reactive ketones (excluding diaryl/α,β-unsaturated/α-hetero) is 1. The Morgan fingerprint density at radius 1 is 0.905 bits per heavy atom. The molecule has 0 spiro atoms. The minimum Gasteiger partial charge on any atom is -0.308 e. The summed E-state index contributed by atoms with van der Waals surface area (Å²) in [5.74, 6) is 0.0847. The van der Waals surface area contributed by atoms with Crippen molar-refractivity contribution in [2.24, 2.45) is 0 Å². The lowest BCUT2D eigenvalue weighted by molar-refractivity contribution is -0.112. The van der Waals surface area contributed by atoms with Crippen molar-refractivity contribution >= 4 is 17.9 Å². The molecule has 1 saturated heterocycles. The monoisotopic (exact) mass is 277 g/mol. The normalized spacial score (nSPS) is 19.1. The van der Waals surface area contributed by atoms with Crippen LogP contribution in [0.4, 0.5) is 0 Å². The molecule has 4 heteroatoms. The van der Waals surface area contributed by atoms with Gasteiger partial charge in [-0.3, -0.25) is 14.8 Å². The first-order valence-electron chi connectivity index (χ1n) is 6.79. The smallest absolute Gasteiger partial charge is 0.187 e. The van der Waals surface area contributed by atoms with E-state index in [2.05, 4.69) is 15.3 Å². The topological polar surface area (TPSA) is 54.9 Å². The second-order valence-electron chi connectivity index (χ2n) is 4.84. The molecule has 0 atom stereocenters. The quantitative estimate of drug-likeness (QED) is 0.854. The second kappa shape index (κ2) is 6.24. The maximum absolute atomic E-state index is 12.5. The summed E-state index contributed by atoms with van der Waals surface area (Å²) >= 11 is 0. The summed E-state index contributed by atoms with van der Waals surface area (Å²) < 4.78 is 0. The zero-order valence-corrected chi connectivity index (χ0v) is 11.5. The van der Waals surface area contributed by atoms with Crippen LogP contribution in [0.1, 0.15) is 11.1 Å². The van der Waals surface area contributed by atoms with Gasteiger partial charge in [0.05, 0.1) is 0 Å². The molecule has 3 rings (SSSR count). The molecule has 1 N–H and O–H groups in total. The van der Waals surface area contributed by atoms with E-state index in [1.54, 1.807) is 24.8 Å². The molecule has 3 heterocycles. The van der Waals surface area contributed by atoms with Gasteiger partial charge in [0, 0.05) is 49.0 Å². The van der Waals surface area contributed by atoms with Gasteiger partial charge in [-0.2, -0.15) is 0 Å². The van der Waals surface area contributed by atoms with Crippen LogP contribution < -0.4 is 5.32 Å². The Labute approximate surface area is 123 Å².